The maximum absolute atomic E-state index is 3.41. The Hall–Kier alpha value is -0.0800. The molecule has 2 nitrogen and oxygen atoms in total. The molecule has 1 heterocycles. The molecular weight excluding hydrogens is 232 g/mol. The molecule has 2 heteroatoms. The normalized spacial score (nSPS) is 24.2. The third-order valence-corrected chi connectivity index (χ3v) is 4.97. The van der Waals surface area contributed by atoms with Gasteiger partial charge in [0.25, 0.3) is 0 Å². The fourth-order valence-electron chi connectivity index (χ4n) is 3.36. The first-order valence-corrected chi connectivity index (χ1v) is 8.37. The summed E-state index contributed by atoms with van der Waals surface area (Å²) in [5.41, 5.74) is 0.495. The van der Waals surface area contributed by atoms with Crippen LogP contribution in [0.1, 0.15) is 66.2 Å². The second-order valence-corrected chi connectivity index (χ2v) is 7.37. The minimum Gasteiger partial charge on any atom is -0.317 e. The molecule has 0 bridgehead atoms. The smallest absolute Gasteiger partial charge is 0.00619 e. The molecule has 0 saturated carbocycles. The third-order valence-electron chi connectivity index (χ3n) is 4.97. The van der Waals surface area contributed by atoms with Crippen LogP contribution in [0.25, 0.3) is 0 Å². The van der Waals surface area contributed by atoms with Gasteiger partial charge in [0.2, 0.25) is 0 Å². The Labute approximate surface area is 121 Å². The van der Waals surface area contributed by atoms with E-state index in [9.17, 15) is 0 Å². The van der Waals surface area contributed by atoms with Gasteiger partial charge in [-0.1, -0.05) is 27.7 Å². The number of hydrogen-bond acceptors (Lipinski definition) is 2. The fourth-order valence-corrected chi connectivity index (χ4v) is 3.36. The number of likely N-dealkylation sites (tertiary alicyclic amines) is 1. The van der Waals surface area contributed by atoms with Gasteiger partial charge in [0.15, 0.2) is 0 Å². The summed E-state index contributed by atoms with van der Waals surface area (Å²) in [4.78, 5) is 2.70. The molecule has 2 atom stereocenters. The molecule has 19 heavy (non-hydrogen) atoms. The maximum Gasteiger partial charge on any atom is 0.00619 e. The Morgan fingerprint density at radius 2 is 1.95 bits per heavy atom. The van der Waals surface area contributed by atoms with Crippen molar-refractivity contribution in [3.05, 3.63) is 0 Å². The molecule has 0 spiro atoms. The van der Waals surface area contributed by atoms with Gasteiger partial charge in [0.05, 0.1) is 0 Å². The quantitative estimate of drug-likeness (QED) is 0.785. The summed E-state index contributed by atoms with van der Waals surface area (Å²) < 4.78 is 0. The lowest BCUT2D eigenvalue weighted by Gasteiger charge is -2.29. The van der Waals surface area contributed by atoms with E-state index in [1.165, 1.54) is 58.2 Å². The standard InChI is InChI=1S/C17H36N2/c1-6-16(18-5)10-8-13-19-12-7-9-15(11-14-19)17(2,3)4/h15-16,18H,6-14H2,1-5H3. The Morgan fingerprint density at radius 1 is 1.21 bits per heavy atom. The molecule has 1 fully saturated rings. The van der Waals surface area contributed by atoms with Crippen LogP contribution < -0.4 is 5.32 Å². The van der Waals surface area contributed by atoms with E-state index in [0.29, 0.717) is 11.5 Å². The zero-order valence-corrected chi connectivity index (χ0v) is 14.0. The summed E-state index contributed by atoms with van der Waals surface area (Å²) in [6.07, 6.45) is 8.14. The van der Waals surface area contributed by atoms with Gasteiger partial charge in [-0.25, -0.2) is 0 Å². The predicted molar refractivity (Wildman–Crippen MR) is 85.6 cm³/mol. The van der Waals surface area contributed by atoms with Crippen LogP contribution in [0.2, 0.25) is 0 Å². The minimum atomic E-state index is 0.495. The summed E-state index contributed by atoms with van der Waals surface area (Å²) >= 11 is 0. The fraction of sp³-hybridized carbons (Fsp3) is 1.00. The molecule has 2 unspecified atom stereocenters. The van der Waals surface area contributed by atoms with Crippen molar-refractivity contribution in [2.24, 2.45) is 11.3 Å². The van der Waals surface area contributed by atoms with Crippen molar-refractivity contribution in [1.82, 2.24) is 10.2 Å². The second kappa shape index (κ2) is 8.26. The lowest BCUT2D eigenvalue weighted by Crippen LogP contribution is -2.29. The molecule has 1 N–H and O–H groups in total. The summed E-state index contributed by atoms with van der Waals surface area (Å²) in [5.74, 6) is 0.915. The first kappa shape index (κ1) is 17.0. The largest absolute Gasteiger partial charge is 0.317 e. The van der Waals surface area contributed by atoms with Crippen LogP contribution in [0.15, 0.2) is 0 Å². The van der Waals surface area contributed by atoms with Gasteiger partial charge in [-0.15, -0.1) is 0 Å². The zero-order chi connectivity index (χ0) is 14.3. The molecule has 0 aromatic heterocycles. The molecule has 0 radical (unpaired) electrons. The van der Waals surface area contributed by atoms with E-state index in [-0.39, 0.29) is 0 Å². The average Bonchev–Trinajstić information content (AvgIpc) is 2.60. The van der Waals surface area contributed by atoms with Crippen molar-refractivity contribution in [3.8, 4) is 0 Å². The van der Waals surface area contributed by atoms with E-state index in [1.54, 1.807) is 0 Å². The van der Waals surface area contributed by atoms with E-state index in [0.717, 1.165) is 5.92 Å². The monoisotopic (exact) mass is 268 g/mol. The van der Waals surface area contributed by atoms with Gasteiger partial charge in [0.1, 0.15) is 0 Å². The molecule has 0 aliphatic carbocycles. The van der Waals surface area contributed by atoms with E-state index >= 15 is 0 Å². The lowest BCUT2D eigenvalue weighted by molar-refractivity contribution is 0.207. The number of hydrogen-bond donors (Lipinski definition) is 1. The third kappa shape index (κ3) is 6.27. The SMILES string of the molecule is CCC(CCCN1CCCC(C(C)(C)C)CC1)NC. The highest BCUT2D eigenvalue weighted by molar-refractivity contribution is 4.79. The highest BCUT2D eigenvalue weighted by Crippen LogP contribution is 2.34. The van der Waals surface area contributed by atoms with Crippen molar-refractivity contribution >= 4 is 0 Å². The van der Waals surface area contributed by atoms with Crippen LogP contribution in [0.5, 0.6) is 0 Å². The molecule has 1 aliphatic rings. The first-order chi connectivity index (χ1) is 8.97. The molecule has 1 saturated heterocycles. The van der Waals surface area contributed by atoms with Gasteiger partial charge in [-0.3, -0.25) is 0 Å². The van der Waals surface area contributed by atoms with Gasteiger partial charge in [0, 0.05) is 6.04 Å². The number of rotatable bonds is 6. The van der Waals surface area contributed by atoms with Crippen LogP contribution in [-0.2, 0) is 0 Å². The molecule has 0 aromatic carbocycles. The molecule has 1 aliphatic heterocycles. The Morgan fingerprint density at radius 3 is 2.53 bits per heavy atom. The van der Waals surface area contributed by atoms with E-state index in [1.807, 2.05) is 0 Å². The van der Waals surface area contributed by atoms with E-state index in [2.05, 4.69) is 45.0 Å². The molecular formula is C17H36N2. The first-order valence-electron chi connectivity index (χ1n) is 8.37. The van der Waals surface area contributed by atoms with Crippen molar-refractivity contribution in [2.75, 3.05) is 26.7 Å². The van der Waals surface area contributed by atoms with Crippen LogP contribution in [0, 0.1) is 11.3 Å². The Kier molecular flexibility index (Phi) is 7.38. The highest BCUT2D eigenvalue weighted by Gasteiger charge is 2.26. The summed E-state index contributed by atoms with van der Waals surface area (Å²) in [6.45, 7) is 13.4. The van der Waals surface area contributed by atoms with Gasteiger partial charge < -0.3 is 10.2 Å². The zero-order valence-electron chi connectivity index (χ0n) is 14.0. The van der Waals surface area contributed by atoms with Crippen LogP contribution in [0.4, 0.5) is 0 Å². The van der Waals surface area contributed by atoms with E-state index in [4.69, 9.17) is 0 Å². The highest BCUT2D eigenvalue weighted by atomic mass is 15.1. The van der Waals surface area contributed by atoms with Crippen LogP contribution >= 0.6 is 0 Å². The molecule has 0 aromatic rings. The second-order valence-electron chi connectivity index (χ2n) is 7.37. The molecule has 1 rings (SSSR count). The molecule has 114 valence electrons. The topological polar surface area (TPSA) is 15.3 Å². The number of nitrogens with zero attached hydrogens (tertiary/aromatic N) is 1. The summed E-state index contributed by atoms with van der Waals surface area (Å²) in [5, 5.41) is 3.41. The Balaban J connectivity index is 2.26. The van der Waals surface area contributed by atoms with Crippen molar-refractivity contribution in [3.63, 3.8) is 0 Å². The minimum absolute atomic E-state index is 0.495. The number of nitrogens with one attached hydrogen (secondary N) is 1. The van der Waals surface area contributed by atoms with Crippen molar-refractivity contribution in [1.29, 1.82) is 0 Å². The lowest BCUT2D eigenvalue weighted by atomic mass is 9.77. The summed E-state index contributed by atoms with van der Waals surface area (Å²) in [6, 6.07) is 0.717. The van der Waals surface area contributed by atoms with Crippen molar-refractivity contribution < 1.29 is 0 Å². The summed E-state index contributed by atoms with van der Waals surface area (Å²) in [7, 11) is 2.09. The Bertz CT molecular complexity index is 228. The van der Waals surface area contributed by atoms with E-state index < -0.39 is 0 Å². The predicted octanol–water partition coefficient (Wildman–Crippen LogP) is 3.91. The maximum atomic E-state index is 3.41. The van der Waals surface area contributed by atoms with Crippen LogP contribution in [0.3, 0.4) is 0 Å². The van der Waals surface area contributed by atoms with Crippen LogP contribution in [-0.4, -0.2) is 37.6 Å². The molecule has 0 amide bonds. The van der Waals surface area contributed by atoms with Crippen molar-refractivity contribution in [2.45, 2.75) is 72.3 Å². The van der Waals surface area contributed by atoms with Gasteiger partial charge in [-0.05, 0) is 76.5 Å². The van der Waals surface area contributed by atoms with Gasteiger partial charge >= 0.3 is 0 Å². The van der Waals surface area contributed by atoms with Gasteiger partial charge in [-0.2, -0.15) is 0 Å². The average molecular weight is 268 g/mol.